The third-order valence-electron chi connectivity index (χ3n) is 7.28. The number of piperidine rings is 1. The van der Waals surface area contributed by atoms with Crippen LogP contribution >= 0.6 is 0 Å². The molecule has 0 radical (unpaired) electrons. The van der Waals surface area contributed by atoms with Gasteiger partial charge in [0.15, 0.2) is 0 Å². The number of carbonyl (C=O) groups excluding carboxylic acids is 2. The molecule has 1 fully saturated rings. The first-order valence-electron chi connectivity index (χ1n) is 15.8. The zero-order valence-electron chi connectivity index (χ0n) is 26.6. The molecule has 1 saturated heterocycles. The Labute approximate surface area is 249 Å². The van der Waals surface area contributed by atoms with Gasteiger partial charge in [0.05, 0.1) is 12.3 Å². The van der Waals surface area contributed by atoms with Gasteiger partial charge in [0, 0.05) is 6.54 Å². The van der Waals surface area contributed by atoms with Gasteiger partial charge >= 0.3 is 6.09 Å². The molecule has 7 heteroatoms. The highest BCUT2D eigenvalue weighted by Crippen LogP contribution is 2.21. The standard InChI is InChI=1S/C34H55N3O4/c1-8-9-10-11-12-13-14-15-18-28-20-22-29(23-21-28)31(26(2)3)36-41-27(4)25-35-32(38)30-19-16-17-24-37(30)33(39)40-34(5,6)7/h20-23,26,30H,4,8-19,24-25H2,1-3,5-7H3,(H,35,38)/b36-31+/t30-/m1/s1. The van der Waals surface area contributed by atoms with Crippen molar-refractivity contribution in [2.75, 3.05) is 13.1 Å². The van der Waals surface area contributed by atoms with Crippen LogP contribution in [0.5, 0.6) is 0 Å². The Morgan fingerprint density at radius 3 is 2.27 bits per heavy atom. The molecule has 0 unspecified atom stereocenters. The van der Waals surface area contributed by atoms with Crippen molar-refractivity contribution in [1.29, 1.82) is 0 Å². The summed E-state index contributed by atoms with van der Waals surface area (Å²) in [4.78, 5) is 32.8. The Kier molecular flexibility index (Phi) is 15.0. The van der Waals surface area contributed by atoms with E-state index in [1.54, 1.807) is 0 Å². The molecule has 41 heavy (non-hydrogen) atoms. The number of hydrogen-bond acceptors (Lipinski definition) is 5. The number of benzene rings is 1. The van der Waals surface area contributed by atoms with Crippen LogP contribution in [0.4, 0.5) is 4.79 Å². The highest BCUT2D eigenvalue weighted by atomic mass is 16.6. The SMILES string of the molecule is C=C(CNC(=O)[C@H]1CCCCN1C(=O)OC(C)(C)C)O/N=C(/c1ccc(CCCCCCCCCC)cc1)C(C)C. The first kappa shape index (κ1) is 34.4. The number of likely N-dealkylation sites (tertiary alicyclic amines) is 1. The highest BCUT2D eigenvalue weighted by Gasteiger charge is 2.34. The van der Waals surface area contributed by atoms with Gasteiger partial charge in [0.2, 0.25) is 5.91 Å². The summed E-state index contributed by atoms with van der Waals surface area (Å²) in [7, 11) is 0. The number of amides is 2. The number of rotatable bonds is 16. The van der Waals surface area contributed by atoms with Gasteiger partial charge in [0.25, 0.3) is 0 Å². The summed E-state index contributed by atoms with van der Waals surface area (Å²) in [6, 6.07) is 8.03. The van der Waals surface area contributed by atoms with Crippen molar-refractivity contribution >= 4 is 17.7 Å². The molecule has 0 spiro atoms. The maximum Gasteiger partial charge on any atom is 0.410 e. The minimum Gasteiger partial charge on any atom is -0.444 e. The van der Waals surface area contributed by atoms with E-state index in [4.69, 9.17) is 9.57 Å². The van der Waals surface area contributed by atoms with E-state index in [0.29, 0.717) is 18.7 Å². The lowest BCUT2D eigenvalue weighted by Gasteiger charge is -2.35. The maximum atomic E-state index is 13.0. The average molecular weight is 570 g/mol. The van der Waals surface area contributed by atoms with Gasteiger partial charge in [-0.15, -0.1) is 0 Å². The van der Waals surface area contributed by atoms with Gasteiger partial charge in [-0.05, 0) is 69.9 Å². The molecule has 7 nitrogen and oxygen atoms in total. The van der Waals surface area contributed by atoms with Gasteiger partial charge in [0.1, 0.15) is 17.4 Å². The van der Waals surface area contributed by atoms with E-state index < -0.39 is 17.7 Å². The summed E-state index contributed by atoms with van der Waals surface area (Å²) >= 11 is 0. The predicted molar refractivity (Wildman–Crippen MR) is 168 cm³/mol. The molecule has 1 aromatic carbocycles. The molecule has 2 rings (SSSR count). The molecule has 1 aromatic rings. The number of nitrogens with one attached hydrogen (secondary N) is 1. The Morgan fingerprint density at radius 2 is 1.66 bits per heavy atom. The van der Waals surface area contributed by atoms with Crippen LogP contribution in [0.25, 0.3) is 0 Å². The molecule has 0 aliphatic carbocycles. The van der Waals surface area contributed by atoms with E-state index in [1.807, 2.05) is 20.8 Å². The Balaban J connectivity index is 1.84. The number of hydrogen-bond donors (Lipinski definition) is 1. The Hall–Kier alpha value is -2.83. The van der Waals surface area contributed by atoms with Crippen LogP contribution in [0.2, 0.25) is 0 Å². The number of carbonyl (C=O) groups is 2. The summed E-state index contributed by atoms with van der Waals surface area (Å²) in [6.07, 6.45) is 13.6. The van der Waals surface area contributed by atoms with Gasteiger partial charge in [-0.3, -0.25) is 9.69 Å². The van der Waals surface area contributed by atoms with Gasteiger partial charge in [-0.1, -0.05) is 102 Å². The quantitative estimate of drug-likeness (QED) is 0.0942. The number of unbranched alkanes of at least 4 members (excludes halogenated alkanes) is 7. The van der Waals surface area contributed by atoms with E-state index in [1.165, 1.54) is 61.8 Å². The van der Waals surface area contributed by atoms with Crippen molar-refractivity contribution in [2.24, 2.45) is 11.1 Å². The molecule has 1 heterocycles. The smallest absolute Gasteiger partial charge is 0.410 e. The molecule has 1 aliphatic rings. The molecule has 1 N–H and O–H groups in total. The Morgan fingerprint density at radius 1 is 1.02 bits per heavy atom. The van der Waals surface area contributed by atoms with Crippen molar-refractivity contribution in [3.63, 3.8) is 0 Å². The summed E-state index contributed by atoms with van der Waals surface area (Å²) in [5.74, 6) is 0.253. The van der Waals surface area contributed by atoms with E-state index >= 15 is 0 Å². The zero-order valence-corrected chi connectivity index (χ0v) is 26.6. The fraction of sp³-hybridized carbons (Fsp3) is 0.676. The van der Waals surface area contributed by atoms with Crippen LogP contribution in [-0.2, 0) is 20.8 Å². The summed E-state index contributed by atoms with van der Waals surface area (Å²) < 4.78 is 5.51. The molecule has 2 amide bonds. The summed E-state index contributed by atoms with van der Waals surface area (Å²) in [5.41, 5.74) is 2.59. The zero-order chi connectivity index (χ0) is 30.3. The number of nitrogens with zero attached hydrogens (tertiary/aromatic N) is 2. The van der Waals surface area contributed by atoms with Crippen LogP contribution in [0.1, 0.15) is 123 Å². The Bertz CT molecular complexity index is 979. The third kappa shape index (κ3) is 13.1. The summed E-state index contributed by atoms with van der Waals surface area (Å²) in [5, 5.41) is 7.25. The lowest BCUT2D eigenvalue weighted by Crippen LogP contribution is -2.53. The van der Waals surface area contributed by atoms with Crippen LogP contribution in [-0.4, -0.2) is 47.3 Å². The normalized spacial score (nSPS) is 16.0. The number of ether oxygens (including phenoxy) is 1. The lowest BCUT2D eigenvalue weighted by atomic mass is 9.97. The van der Waals surface area contributed by atoms with Crippen molar-refractivity contribution in [1.82, 2.24) is 10.2 Å². The van der Waals surface area contributed by atoms with Crippen LogP contribution < -0.4 is 5.32 Å². The molecule has 1 atom stereocenters. The van der Waals surface area contributed by atoms with E-state index in [9.17, 15) is 9.59 Å². The molecule has 230 valence electrons. The van der Waals surface area contributed by atoms with E-state index in [-0.39, 0.29) is 18.4 Å². The van der Waals surface area contributed by atoms with Crippen molar-refractivity contribution in [2.45, 2.75) is 130 Å². The van der Waals surface area contributed by atoms with Crippen molar-refractivity contribution < 1.29 is 19.2 Å². The molecular weight excluding hydrogens is 514 g/mol. The molecule has 0 aromatic heterocycles. The van der Waals surface area contributed by atoms with Crippen molar-refractivity contribution in [3.05, 3.63) is 47.7 Å². The molecule has 0 saturated carbocycles. The second-order valence-corrected chi connectivity index (χ2v) is 12.6. The largest absolute Gasteiger partial charge is 0.444 e. The highest BCUT2D eigenvalue weighted by molar-refractivity contribution is 6.01. The molecular formula is C34H55N3O4. The van der Waals surface area contributed by atoms with Crippen LogP contribution in [0.15, 0.2) is 41.8 Å². The lowest BCUT2D eigenvalue weighted by molar-refractivity contribution is -0.127. The predicted octanol–water partition coefficient (Wildman–Crippen LogP) is 8.17. The first-order chi connectivity index (χ1) is 19.5. The van der Waals surface area contributed by atoms with Gasteiger partial charge in [-0.25, -0.2) is 4.79 Å². The van der Waals surface area contributed by atoms with E-state index in [0.717, 1.165) is 30.5 Å². The topological polar surface area (TPSA) is 80.2 Å². The monoisotopic (exact) mass is 569 g/mol. The molecule has 0 bridgehead atoms. The van der Waals surface area contributed by atoms with Crippen LogP contribution in [0.3, 0.4) is 0 Å². The molecule has 1 aliphatic heterocycles. The second kappa shape index (κ2) is 17.9. The fourth-order valence-corrected chi connectivity index (χ4v) is 4.99. The number of oxime groups is 1. The minimum atomic E-state index is -0.614. The minimum absolute atomic E-state index is 0.115. The first-order valence-corrected chi connectivity index (χ1v) is 15.8. The maximum absolute atomic E-state index is 13.0. The summed E-state index contributed by atoms with van der Waals surface area (Å²) in [6.45, 7) is 16.4. The van der Waals surface area contributed by atoms with Crippen molar-refractivity contribution in [3.8, 4) is 0 Å². The third-order valence-corrected chi connectivity index (χ3v) is 7.28. The fourth-order valence-electron chi connectivity index (χ4n) is 4.99. The number of aryl methyl sites for hydroxylation is 1. The van der Waals surface area contributed by atoms with Gasteiger partial charge in [-0.2, -0.15) is 0 Å². The second-order valence-electron chi connectivity index (χ2n) is 12.6. The van der Waals surface area contributed by atoms with Crippen LogP contribution in [0, 0.1) is 5.92 Å². The average Bonchev–Trinajstić information content (AvgIpc) is 2.93. The van der Waals surface area contributed by atoms with Gasteiger partial charge < -0.3 is 14.9 Å². The van der Waals surface area contributed by atoms with E-state index in [2.05, 4.69) is 62.1 Å².